The molecule has 1 aliphatic heterocycles. The first kappa shape index (κ1) is 11.1. The fourth-order valence-electron chi connectivity index (χ4n) is 2.32. The summed E-state index contributed by atoms with van der Waals surface area (Å²) in [5, 5.41) is 12.1. The minimum absolute atomic E-state index is 0.108. The van der Waals surface area contributed by atoms with Gasteiger partial charge in [-0.1, -0.05) is 18.2 Å². The van der Waals surface area contributed by atoms with Crippen LogP contribution in [0.3, 0.4) is 0 Å². The Bertz CT molecular complexity index is 414. The van der Waals surface area contributed by atoms with E-state index in [-0.39, 0.29) is 5.92 Å². The van der Waals surface area contributed by atoms with Gasteiger partial charge in [0.1, 0.15) is 6.04 Å². The van der Waals surface area contributed by atoms with E-state index in [9.17, 15) is 4.79 Å². The summed E-state index contributed by atoms with van der Waals surface area (Å²) in [5.41, 5.74) is 3.62. The first-order chi connectivity index (χ1) is 7.59. The van der Waals surface area contributed by atoms with Crippen molar-refractivity contribution in [2.75, 3.05) is 6.54 Å². The van der Waals surface area contributed by atoms with Crippen molar-refractivity contribution >= 4 is 5.97 Å². The molecule has 2 unspecified atom stereocenters. The average molecular weight is 219 g/mol. The standard InChI is InChI=1S/C13H17NO2/c1-8-3-4-10(7-9(8)2)11-5-6-14-12(11)13(15)16/h3-4,7,11-12,14H,5-6H2,1-2H3,(H,15,16). The van der Waals surface area contributed by atoms with Gasteiger partial charge in [0.15, 0.2) is 0 Å². The Labute approximate surface area is 95.5 Å². The maximum Gasteiger partial charge on any atom is 0.321 e. The number of carbonyl (C=O) groups is 1. The summed E-state index contributed by atoms with van der Waals surface area (Å²) in [6, 6.07) is 5.81. The second kappa shape index (κ2) is 4.26. The molecule has 1 saturated heterocycles. The molecule has 16 heavy (non-hydrogen) atoms. The van der Waals surface area contributed by atoms with Gasteiger partial charge in [-0.3, -0.25) is 4.79 Å². The molecule has 3 heteroatoms. The zero-order valence-electron chi connectivity index (χ0n) is 9.66. The summed E-state index contributed by atoms with van der Waals surface area (Å²) in [7, 11) is 0. The van der Waals surface area contributed by atoms with E-state index in [2.05, 4.69) is 37.4 Å². The van der Waals surface area contributed by atoms with E-state index in [0.717, 1.165) is 18.5 Å². The van der Waals surface area contributed by atoms with Gasteiger partial charge in [-0.2, -0.15) is 0 Å². The first-order valence-electron chi connectivity index (χ1n) is 5.63. The SMILES string of the molecule is Cc1ccc(C2CCNC2C(=O)O)cc1C. The van der Waals surface area contributed by atoms with Gasteiger partial charge in [-0.15, -0.1) is 0 Å². The topological polar surface area (TPSA) is 49.3 Å². The lowest BCUT2D eigenvalue weighted by molar-refractivity contribution is -0.139. The molecule has 1 aromatic carbocycles. The Morgan fingerprint density at radius 2 is 2.12 bits per heavy atom. The molecule has 0 amide bonds. The van der Waals surface area contributed by atoms with Crippen molar-refractivity contribution in [2.45, 2.75) is 32.2 Å². The molecule has 2 atom stereocenters. The van der Waals surface area contributed by atoms with Crippen molar-refractivity contribution in [3.8, 4) is 0 Å². The van der Waals surface area contributed by atoms with Crippen molar-refractivity contribution in [1.29, 1.82) is 0 Å². The quantitative estimate of drug-likeness (QED) is 0.798. The summed E-state index contributed by atoms with van der Waals surface area (Å²) in [4.78, 5) is 11.1. The van der Waals surface area contributed by atoms with Gasteiger partial charge < -0.3 is 10.4 Å². The molecule has 86 valence electrons. The van der Waals surface area contributed by atoms with Gasteiger partial charge in [0.2, 0.25) is 0 Å². The Hall–Kier alpha value is -1.35. The number of aryl methyl sites for hydroxylation is 2. The average Bonchev–Trinajstić information content (AvgIpc) is 2.71. The summed E-state index contributed by atoms with van der Waals surface area (Å²) in [6.45, 7) is 4.92. The molecule has 0 bridgehead atoms. The summed E-state index contributed by atoms with van der Waals surface area (Å²) in [6.07, 6.45) is 0.902. The molecule has 0 saturated carbocycles. The third-order valence-corrected chi connectivity index (χ3v) is 3.45. The van der Waals surface area contributed by atoms with Crippen LogP contribution in [0.1, 0.15) is 29.0 Å². The maximum absolute atomic E-state index is 11.1. The van der Waals surface area contributed by atoms with Crippen LogP contribution >= 0.6 is 0 Å². The van der Waals surface area contributed by atoms with Gasteiger partial charge >= 0.3 is 5.97 Å². The predicted octanol–water partition coefficient (Wildman–Crippen LogP) is 1.83. The van der Waals surface area contributed by atoms with Crippen LogP contribution in [0.5, 0.6) is 0 Å². The number of carboxylic acid groups (broad SMARTS) is 1. The number of hydrogen-bond acceptors (Lipinski definition) is 2. The Morgan fingerprint density at radius 1 is 1.38 bits per heavy atom. The molecular formula is C13H17NO2. The maximum atomic E-state index is 11.1. The lowest BCUT2D eigenvalue weighted by Crippen LogP contribution is -2.34. The molecule has 1 aromatic rings. The predicted molar refractivity (Wildman–Crippen MR) is 62.7 cm³/mol. The molecule has 2 rings (SSSR count). The molecule has 0 spiro atoms. The molecule has 3 nitrogen and oxygen atoms in total. The number of nitrogens with one attached hydrogen (secondary N) is 1. The van der Waals surface area contributed by atoms with Crippen LogP contribution in [0.15, 0.2) is 18.2 Å². The molecule has 2 N–H and O–H groups in total. The Kier molecular flexibility index (Phi) is 2.97. The van der Waals surface area contributed by atoms with E-state index in [1.54, 1.807) is 0 Å². The highest BCUT2D eigenvalue weighted by molar-refractivity contribution is 5.75. The smallest absolute Gasteiger partial charge is 0.321 e. The molecule has 1 aliphatic rings. The Balaban J connectivity index is 2.29. The van der Waals surface area contributed by atoms with Crippen LogP contribution in [0, 0.1) is 13.8 Å². The second-order valence-corrected chi connectivity index (χ2v) is 4.51. The van der Waals surface area contributed by atoms with Crippen molar-refractivity contribution in [2.24, 2.45) is 0 Å². The van der Waals surface area contributed by atoms with Gasteiger partial charge in [0.05, 0.1) is 0 Å². The summed E-state index contributed by atoms with van der Waals surface area (Å²) in [5.74, 6) is -0.641. The minimum atomic E-state index is -0.749. The monoisotopic (exact) mass is 219 g/mol. The molecular weight excluding hydrogens is 202 g/mol. The van der Waals surface area contributed by atoms with Gasteiger partial charge in [-0.25, -0.2) is 0 Å². The largest absolute Gasteiger partial charge is 0.480 e. The van der Waals surface area contributed by atoms with E-state index in [4.69, 9.17) is 5.11 Å². The van der Waals surface area contributed by atoms with E-state index in [1.807, 2.05) is 0 Å². The van der Waals surface area contributed by atoms with Crippen LogP contribution in [0.2, 0.25) is 0 Å². The van der Waals surface area contributed by atoms with Crippen molar-refractivity contribution in [3.05, 3.63) is 34.9 Å². The zero-order chi connectivity index (χ0) is 11.7. The third-order valence-electron chi connectivity index (χ3n) is 3.45. The van der Waals surface area contributed by atoms with Gasteiger partial charge in [-0.05, 0) is 43.5 Å². The van der Waals surface area contributed by atoms with Gasteiger partial charge in [0.25, 0.3) is 0 Å². The fourth-order valence-corrected chi connectivity index (χ4v) is 2.32. The first-order valence-corrected chi connectivity index (χ1v) is 5.63. The van der Waals surface area contributed by atoms with Crippen molar-refractivity contribution < 1.29 is 9.90 Å². The van der Waals surface area contributed by atoms with E-state index >= 15 is 0 Å². The fraction of sp³-hybridized carbons (Fsp3) is 0.462. The number of benzene rings is 1. The Morgan fingerprint density at radius 3 is 2.75 bits per heavy atom. The minimum Gasteiger partial charge on any atom is -0.480 e. The normalized spacial score (nSPS) is 24.6. The van der Waals surface area contributed by atoms with Crippen LogP contribution in [-0.2, 0) is 4.79 Å². The van der Waals surface area contributed by atoms with E-state index in [0.29, 0.717) is 0 Å². The highest BCUT2D eigenvalue weighted by Gasteiger charge is 2.33. The van der Waals surface area contributed by atoms with Gasteiger partial charge in [0, 0.05) is 5.92 Å². The van der Waals surface area contributed by atoms with Crippen molar-refractivity contribution in [3.63, 3.8) is 0 Å². The van der Waals surface area contributed by atoms with Crippen LogP contribution < -0.4 is 5.32 Å². The van der Waals surface area contributed by atoms with Crippen LogP contribution in [0.4, 0.5) is 0 Å². The second-order valence-electron chi connectivity index (χ2n) is 4.51. The van der Waals surface area contributed by atoms with Crippen LogP contribution in [-0.4, -0.2) is 23.7 Å². The molecule has 1 heterocycles. The summed E-state index contributed by atoms with van der Waals surface area (Å²) >= 11 is 0. The lowest BCUT2D eigenvalue weighted by Gasteiger charge is -2.16. The number of rotatable bonds is 2. The van der Waals surface area contributed by atoms with E-state index < -0.39 is 12.0 Å². The third kappa shape index (κ3) is 1.95. The van der Waals surface area contributed by atoms with E-state index in [1.165, 1.54) is 11.1 Å². The summed E-state index contributed by atoms with van der Waals surface area (Å²) < 4.78 is 0. The highest BCUT2D eigenvalue weighted by atomic mass is 16.4. The number of aliphatic carboxylic acids is 1. The molecule has 0 radical (unpaired) electrons. The number of carboxylic acids is 1. The lowest BCUT2D eigenvalue weighted by atomic mass is 9.90. The molecule has 1 fully saturated rings. The zero-order valence-corrected chi connectivity index (χ0v) is 9.66. The van der Waals surface area contributed by atoms with Crippen LogP contribution in [0.25, 0.3) is 0 Å². The highest BCUT2D eigenvalue weighted by Crippen LogP contribution is 2.29. The molecule has 0 aliphatic carbocycles. The number of hydrogen-bond donors (Lipinski definition) is 2. The van der Waals surface area contributed by atoms with Crippen molar-refractivity contribution in [1.82, 2.24) is 5.32 Å². The molecule has 0 aromatic heterocycles.